The van der Waals surface area contributed by atoms with E-state index < -0.39 is 6.10 Å². The number of rotatable bonds is 6. The van der Waals surface area contributed by atoms with Crippen LogP contribution in [-0.2, 0) is 0 Å². The van der Waals surface area contributed by atoms with Crippen LogP contribution in [0.25, 0.3) is 0 Å². The largest absolute Gasteiger partial charge is 0.491 e. The van der Waals surface area contributed by atoms with Crippen molar-refractivity contribution in [3.8, 4) is 11.8 Å². The van der Waals surface area contributed by atoms with Crippen molar-refractivity contribution in [3.63, 3.8) is 0 Å². The minimum Gasteiger partial charge on any atom is -0.491 e. The van der Waals surface area contributed by atoms with Crippen molar-refractivity contribution in [2.75, 3.05) is 13.2 Å². The first kappa shape index (κ1) is 17.3. The third-order valence-electron chi connectivity index (χ3n) is 6.98. The van der Waals surface area contributed by atoms with E-state index in [9.17, 15) is 5.11 Å². The summed E-state index contributed by atoms with van der Waals surface area (Å²) in [4.78, 5) is 0. The molecule has 1 aromatic rings. The normalized spacial score (nSPS) is 31.6. The number of hydrogen-bond donors (Lipinski definition) is 2. The van der Waals surface area contributed by atoms with E-state index in [-0.39, 0.29) is 0 Å². The van der Waals surface area contributed by atoms with Gasteiger partial charge in [0.1, 0.15) is 25.0 Å². The molecule has 4 nitrogen and oxygen atoms in total. The van der Waals surface area contributed by atoms with E-state index in [1.54, 1.807) is 24.3 Å². The van der Waals surface area contributed by atoms with E-state index >= 15 is 0 Å². The maximum Gasteiger partial charge on any atom is 0.137 e. The molecular formula is C20H29N2O2+. The van der Waals surface area contributed by atoms with E-state index in [2.05, 4.69) is 32.2 Å². The van der Waals surface area contributed by atoms with Gasteiger partial charge in [-0.3, -0.25) is 0 Å². The summed E-state index contributed by atoms with van der Waals surface area (Å²) >= 11 is 0. The molecule has 0 radical (unpaired) electrons. The highest BCUT2D eigenvalue weighted by molar-refractivity contribution is 5.34. The van der Waals surface area contributed by atoms with Crippen LogP contribution in [0, 0.1) is 28.1 Å². The highest BCUT2D eigenvalue weighted by atomic mass is 16.5. The third kappa shape index (κ3) is 2.92. The van der Waals surface area contributed by atoms with E-state index in [1.165, 1.54) is 19.3 Å². The summed E-state index contributed by atoms with van der Waals surface area (Å²) in [5, 5.41) is 21.4. The number of nitrogens with two attached hydrogens (primary N) is 1. The lowest BCUT2D eigenvalue weighted by Gasteiger charge is -2.37. The van der Waals surface area contributed by atoms with Gasteiger partial charge in [-0.25, -0.2) is 0 Å². The molecule has 0 aromatic heterocycles. The van der Waals surface area contributed by atoms with Crippen LogP contribution in [0.15, 0.2) is 24.3 Å². The molecule has 2 fully saturated rings. The van der Waals surface area contributed by atoms with Crippen LogP contribution in [0.4, 0.5) is 0 Å². The number of fused-ring (bicyclic) bond motifs is 2. The topological polar surface area (TPSA) is 69.9 Å². The second kappa shape index (κ2) is 6.38. The second-order valence-electron chi connectivity index (χ2n) is 8.29. The molecule has 2 saturated carbocycles. The Bertz CT molecular complexity index is 620. The smallest absolute Gasteiger partial charge is 0.137 e. The quantitative estimate of drug-likeness (QED) is 0.839. The van der Waals surface area contributed by atoms with Gasteiger partial charge in [-0.05, 0) is 48.4 Å². The maximum absolute atomic E-state index is 10.2. The Morgan fingerprint density at radius 1 is 1.33 bits per heavy atom. The van der Waals surface area contributed by atoms with Crippen molar-refractivity contribution >= 4 is 0 Å². The van der Waals surface area contributed by atoms with Gasteiger partial charge in [0.2, 0.25) is 0 Å². The highest BCUT2D eigenvalue weighted by Crippen LogP contribution is 2.64. The number of aliphatic hydroxyl groups is 1. The minimum absolute atomic E-state index is 0.290. The molecule has 0 unspecified atom stereocenters. The first-order chi connectivity index (χ1) is 11.4. The van der Waals surface area contributed by atoms with E-state index in [1.807, 2.05) is 0 Å². The molecule has 4 atom stereocenters. The van der Waals surface area contributed by atoms with Gasteiger partial charge >= 0.3 is 0 Å². The molecule has 0 saturated heterocycles. The standard InChI is InChI=1S/C20H28N2O2/c1-19(2)15-8-9-20(19,3)18(10-15)22-12-16(23)13-24-17-6-4-14(11-21)5-7-17/h4-7,15-16,18,22-23H,8-10,12-13H2,1-3H3/p+1/t15-,16-,18+,20+/m0/s1. The Kier molecular flexibility index (Phi) is 4.59. The first-order valence-corrected chi connectivity index (χ1v) is 9.01. The average Bonchev–Trinajstić information content (AvgIpc) is 2.91. The number of aliphatic hydroxyl groups excluding tert-OH is 1. The Labute approximate surface area is 144 Å². The first-order valence-electron chi connectivity index (χ1n) is 9.01. The van der Waals surface area contributed by atoms with E-state index in [0.29, 0.717) is 41.3 Å². The molecule has 0 heterocycles. The molecule has 1 aromatic carbocycles. The van der Waals surface area contributed by atoms with Crippen LogP contribution in [-0.4, -0.2) is 30.4 Å². The lowest BCUT2D eigenvalue weighted by Crippen LogP contribution is -2.94. The fraction of sp³-hybridized carbons (Fsp3) is 0.650. The predicted octanol–water partition coefficient (Wildman–Crippen LogP) is 2.08. The zero-order valence-corrected chi connectivity index (χ0v) is 15.0. The summed E-state index contributed by atoms with van der Waals surface area (Å²) < 4.78 is 5.63. The number of nitrogens with zero attached hydrogens (tertiary/aromatic N) is 1. The van der Waals surface area contributed by atoms with Gasteiger partial charge in [-0.2, -0.15) is 5.26 Å². The van der Waals surface area contributed by atoms with Crippen molar-refractivity contribution in [3.05, 3.63) is 29.8 Å². The van der Waals surface area contributed by atoms with Gasteiger partial charge in [-0.15, -0.1) is 0 Å². The second-order valence-corrected chi connectivity index (χ2v) is 8.29. The van der Waals surface area contributed by atoms with Gasteiger partial charge in [0.25, 0.3) is 0 Å². The molecule has 3 N–H and O–H groups in total. The Hall–Kier alpha value is -1.57. The monoisotopic (exact) mass is 329 g/mol. The van der Waals surface area contributed by atoms with Crippen LogP contribution in [0.2, 0.25) is 0 Å². The fourth-order valence-corrected chi connectivity index (χ4v) is 4.83. The average molecular weight is 329 g/mol. The molecule has 130 valence electrons. The molecule has 24 heavy (non-hydrogen) atoms. The number of quaternary nitrogens is 1. The van der Waals surface area contributed by atoms with Crippen LogP contribution in [0.3, 0.4) is 0 Å². The zero-order chi connectivity index (χ0) is 17.4. The number of benzene rings is 1. The SMILES string of the molecule is CC1(C)[C@H]2CC[C@]1(C)[C@H]([NH2+]C[C@H](O)COc1ccc(C#N)cc1)C2. The predicted molar refractivity (Wildman–Crippen MR) is 92.5 cm³/mol. The van der Waals surface area contributed by atoms with Crippen molar-refractivity contribution in [2.45, 2.75) is 52.2 Å². The van der Waals surface area contributed by atoms with Crippen molar-refractivity contribution in [1.29, 1.82) is 5.26 Å². The highest BCUT2D eigenvalue weighted by Gasteiger charge is 2.63. The van der Waals surface area contributed by atoms with Crippen LogP contribution >= 0.6 is 0 Å². The van der Waals surface area contributed by atoms with Gasteiger partial charge in [0.05, 0.1) is 17.7 Å². The molecular weight excluding hydrogens is 300 g/mol. The van der Waals surface area contributed by atoms with E-state index in [4.69, 9.17) is 10.00 Å². The lowest BCUT2D eigenvalue weighted by molar-refractivity contribution is -0.707. The summed E-state index contributed by atoms with van der Waals surface area (Å²) in [6.45, 7) is 8.24. The van der Waals surface area contributed by atoms with E-state index in [0.717, 1.165) is 5.92 Å². The summed E-state index contributed by atoms with van der Waals surface area (Å²) in [7, 11) is 0. The minimum atomic E-state index is -0.480. The maximum atomic E-state index is 10.2. The molecule has 0 aliphatic heterocycles. The van der Waals surface area contributed by atoms with Crippen LogP contribution in [0.5, 0.6) is 5.75 Å². The van der Waals surface area contributed by atoms with Crippen molar-refractivity contribution in [1.82, 2.24) is 0 Å². The summed E-state index contributed by atoms with van der Waals surface area (Å²) in [6, 6.07) is 9.69. The number of hydrogen-bond acceptors (Lipinski definition) is 3. The molecule has 2 bridgehead atoms. The molecule has 0 spiro atoms. The van der Waals surface area contributed by atoms with Crippen molar-refractivity contribution in [2.24, 2.45) is 16.7 Å². The lowest BCUT2D eigenvalue weighted by atomic mass is 9.69. The van der Waals surface area contributed by atoms with Gasteiger partial charge in [0.15, 0.2) is 0 Å². The summed E-state index contributed by atoms with van der Waals surface area (Å²) in [5.74, 6) is 1.52. The molecule has 0 amide bonds. The molecule has 4 heteroatoms. The Balaban J connectivity index is 1.46. The summed E-state index contributed by atoms with van der Waals surface area (Å²) in [6.07, 6.45) is 3.46. The van der Waals surface area contributed by atoms with Crippen LogP contribution < -0.4 is 10.1 Å². The number of ether oxygens (including phenoxy) is 1. The fourth-order valence-electron chi connectivity index (χ4n) is 4.83. The molecule has 2 aliphatic rings. The summed E-state index contributed by atoms with van der Waals surface area (Å²) in [5.41, 5.74) is 1.41. The Morgan fingerprint density at radius 2 is 2.04 bits per heavy atom. The van der Waals surface area contributed by atoms with Gasteiger partial charge < -0.3 is 15.2 Å². The third-order valence-corrected chi connectivity index (χ3v) is 6.98. The Morgan fingerprint density at radius 3 is 2.58 bits per heavy atom. The van der Waals surface area contributed by atoms with Gasteiger partial charge in [-0.1, -0.05) is 20.8 Å². The van der Waals surface area contributed by atoms with Crippen molar-refractivity contribution < 1.29 is 15.2 Å². The van der Waals surface area contributed by atoms with Crippen LogP contribution in [0.1, 0.15) is 45.6 Å². The zero-order valence-electron chi connectivity index (χ0n) is 15.0. The number of nitriles is 1. The molecule has 2 aliphatic carbocycles. The molecule has 3 rings (SSSR count). The van der Waals surface area contributed by atoms with Gasteiger partial charge in [0, 0.05) is 11.8 Å².